The van der Waals surface area contributed by atoms with Crippen LogP contribution in [0.4, 0.5) is 4.79 Å². The van der Waals surface area contributed by atoms with Gasteiger partial charge in [0.2, 0.25) is 0 Å². The lowest BCUT2D eigenvalue weighted by atomic mass is 9.98. The monoisotopic (exact) mass is 270 g/mol. The molecule has 2 heterocycles. The molecule has 2 saturated heterocycles. The molecule has 1 N–H and O–H groups in total. The van der Waals surface area contributed by atoms with E-state index in [9.17, 15) is 9.59 Å². The Morgan fingerprint density at radius 1 is 1.05 bits per heavy atom. The molecule has 0 aliphatic carbocycles. The number of hydrogen-bond donors (Lipinski definition) is 1. The maximum atomic E-state index is 12.3. The molecule has 2 aliphatic heterocycles. The first-order chi connectivity index (χ1) is 8.60. The van der Waals surface area contributed by atoms with Crippen molar-refractivity contribution in [3.8, 4) is 0 Å². The van der Waals surface area contributed by atoms with E-state index >= 15 is 0 Å². The van der Waals surface area contributed by atoms with Crippen LogP contribution in [0.5, 0.6) is 0 Å². The third-order valence-corrected chi connectivity index (χ3v) is 3.47. The molecule has 6 nitrogen and oxygen atoms in total. The number of carbonyl (C=O) groups is 2. The van der Waals surface area contributed by atoms with Crippen LogP contribution < -0.4 is 0 Å². The number of likely N-dealkylation sites (tertiary alicyclic amines) is 1. The van der Waals surface area contributed by atoms with Gasteiger partial charge in [0, 0.05) is 13.1 Å². The van der Waals surface area contributed by atoms with Crippen molar-refractivity contribution in [3.63, 3.8) is 0 Å². The van der Waals surface area contributed by atoms with Crippen LogP contribution in [-0.4, -0.2) is 64.3 Å². The third kappa shape index (κ3) is 3.00. The van der Waals surface area contributed by atoms with Crippen molar-refractivity contribution in [3.05, 3.63) is 0 Å². The highest BCUT2D eigenvalue weighted by atomic mass is 16.5. The second-order valence-electron chi connectivity index (χ2n) is 6.70. The SMILES string of the molecule is CC1(C)CN(C(=O)N2CC(C(=O)O)C2)CC(C)(C)O1. The summed E-state index contributed by atoms with van der Waals surface area (Å²) in [6.45, 7) is 9.54. The minimum Gasteiger partial charge on any atom is -0.481 e. The molecule has 2 amide bonds. The van der Waals surface area contributed by atoms with Gasteiger partial charge < -0.3 is 19.6 Å². The van der Waals surface area contributed by atoms with E-state index in [0.29, 0.717) is 26.2 Å². The minimum absolute atomic E-state index is 0.0815. The number of aliphatic carboxylic acids is 1. The number of hydrogen-bond acceptors (Lipinski definition) is 3. The fourth-order valence-electron chi connectivity index (χ4n) is 2.91. The largest absolute Gasteiger partial charge is 0.481 e. The Hall–Kier alpha value is -1.30. The van der Waals surface area contributed by atoms with Crippen LogP contribution in [0.3, 0.4) is 0 Å². The van der Waals surface area contributed by atoms with E-state index < -0.39 is 11.9 Å². The Balaban J connectivity index is 1.98. The predicted molar refractivity (Wildman–Crippen MR) is 68.9 cm³/mol. The zero-order valence-corrected chi connectivity index (χ0v) is 12.0. The second kappa shape index (κ2) is 4.37. The van der Waals surface area contributed by atoms with E-state index in [1.807, 2.05) is 27.7 Å². The smallest absolute Gasteiger partial charge is 0.320 e. The molecule has 0 bridgehead atoms. The summed E-state index contributed by atoms with van der Waals surface area (Å²) in [5, 5.41) is 8.84. The first-order valence-electron chi connectivity index (χ1n) is 6.56. The minimum atomic E-state index is -0.827. The number of urea groups is 1. The molecule has 0 spiro atoms. The van der Waals surface area contributed by atoms with Crippen molar-refractivity contribution in [2.45, 2.75) is 38.9 Å². The maximum Gasteiger partial charge on any atom is 0.320 e. The molecule has 2 rings (SSSR count). The molecule has 0 radical (unpaired) electrons. The van der Waals surface area contributed by atoms with E-state index in [-0.39, 0.29) is 17.2 Å². The normalized spacial score (nSPS) is 25.9. The molecular formula is C13H22N2O4. The summed E-state index contributed by atoms with van der Waals surface area (Å²) in [6.07, 6.45) is 0. The third-order valence-electron chi connectivity index (χ3n) is 3.47. The summed E-state index contributed by atoms with van der Waals surface area (Å²) in [7, 11) is 0. The lowest BCUT2D eigenvalue weighted by Gasteiger charge is -2.49. The summed E-state index contributed by atoms with van der Waals surface area (Å²) in [4.78, 5) is 26.4. The highest BCUT2D eigenvalue weighted by Gasteiger charge is 2.44. The van der Waals surface area contributed by atoms with Gasteiger partial charge in [-0.15, -0.1) is 0 Å². The topological polar surface area (TPSA) is 70.1 Å². The Morgan fingerprint density at radius 3 is 1.95 bits per heavy atom. The van der Waals surface area contributed by atoms with E-state index in [1.54, 1.807) is 9.80 Å². The van der Waals surface area contributed by atoms with Gasteiger partial charge >= 0.3 is 12.0 Å². The number of rotatable bonds is 1. The van der Waals surface area contributed by atoms with Gasteiger partial charge in [0.1, 0.15) is 0 Å². The average molecular weight is 270 g/mol. The van der Waals surface area contributed by atoms with Crippen molar-refractivity contribution in [1.29, 1.82) is 0 Å². The number of nitrogens with zero attached hydrogens (tertiary/aromatic N) is 2. The molecule has 0 atom stereocenters. The zero-order chi connectivity index (χ0) is 14.4. The molecule has 0 aromatic heterocycles. The van der Waals surface area contributed by atoms with E-state index in [1.165, 1.54) is 0 Å². The highest BCUT2D eigenvalue weighted by molar-refractivity contribution is 5.80. The van der Waals surface area contributed by atoms with Crippen LogP contribution in [0.25, 0.3) is 0 Å². The molecule has 2 fully saturated rings. The summed E-state index contributed by atoms with van der Waals surface area (Å²) in [6, 6.07) is -0.0815. The van der Waals surface area contributed by atoms with Gasteiger partial charge in [-0.05, 0) is 27.7 Å². The van der Waals surface area contributed by atoms with Crippen molar-refractivity contribution in [1.82, 2.24) is 9.80 Å². The van der Waals surface area contributed by atoms with Crippen LogP contribution in [0, 0.1) is 5.92 Å². The molecule has 0 aromatic rings. The van der Waals surface area contributed by atoms with Crippen molar-refractivity contribution in [2.75, 3.05) is 26.2 Å². The number of carbonyl (C=O) groups excluding carboxylic acids is 1. The molecule has 0 aromatic carbocycles. The molecule has 108 valence electrons. The van der Waals surface area contributed by atoms with Gasteiger partial charge in [0.05, 0.1) is 30.2 Å². The maximum absolute atomic E-state index is 12.3. The fraction of sp³-hybridized carbons (Fsp3) is 0.846. The van der Waals surface area contributed by atoms with E-state index in [0.717, 1.165) is 0 Å². The molecule has 0 unspecified atom stereocenters. The number of carboxylic acids is 1. The summed E-state index contributed by atoms with van der Waals surface area (Å²) in [5.41, 5.74) is -0.761. The van der Waals surface area contributed by atoms with E-state index in [2.05, 4.69) is 0 Å². The summed E-state index contributed by atoms with van der Waals surface area (Å²) < 4.78 is 5.93. The van der Waals surface area contributed by atoms with Crippen LogP contribution >= 0.6 is 0 Å². The van der Waals surface area contributed by atoms with Gasteiger partial charge in [-0.3, -0.25) is 4.79 Å². The van der Waals surface area contributed by atoms with E-state index in [4.69, 9.17) is 9.84 Å². The molecule has 19 heavy (non-hydrogen) atoms. The Bertz CT molecular complexity index is 383. The zero-order valence-electron chi connectivity index (χ0n) is 12.0. The average Bonchev–Trinajstić information content (AvgIpc) is 2.08. The Labute approximate surface area is 113 Å². The lowest BCUT2D eigenvalue weighted by Crippen LogP contribution is -2.64. The first-order valence-corrected chi connectivity index (χ1v) is 6.56. The van der Waals surface area contributed by atoms with Gasteiger partial charge in [0.15, 0.2) is 0 Å². The highest BCUT2D eigenvalue weighted by Crippen LogP contribution is 2.29. The molecule has 2 aliphatic rings. The second-order valence-corrected chi connectivity index (χ2v) is 6.70. The standard InChI is InChI=1S/C13H22N2O4/c1-12(2)7-15(8-13(3,4)19-12)11(18)14-5-9(6-14)10(16)17/h9H,5-8H2,1-4H3,(H,16,17). The number of amides is 2. The predicted octanol–water partition coefficient (Wildman–Crippen LogP) is 1.01. The van der Waals surface area contributed by atoms with Crippen LogP contribution in [0.1, 0.15) is 27.7 Å². The molecule has 6 heteroatoms. The first kappa shape index (κ1) is 14.1. The summed E-state index contributed by atoms with van der Waals surface area (Å²) >= 11 is 0. The lowest BCUT2D eigenvalue weighted by molar-refractivity contribution is -0.173. The van der Waals surface area contributed by atoms with Crippen molar-refractivity contribution >= 4 is 12.0 Å². The number of morpholine rings is 1. The summed E-state index contributed by atoms with van der Waals surface area (Å²) in [5.74, 6) is -1.24. The van der Waals surface area contributed by atoms with Gasteiger partial charge in [-0.2, -0.15) is 0 Å². The van der Waals surface area contributed by atoms with Gasteiger partial charge in [-0.1, -0.05) is 0 Å². The van der Waals surface area contributed by atoms with Crippen molar-refractivity contribution < 1.29 is 19.4 Å². The Morgan fingerprint density at radius 2 is 1.53 bits per heavy atom. The fourth-order valence-corrected chi connectivity index (χ4v) is 2.91. The molecular weight excluding hydrogens is 248 g/mol. The quantitative estimate of drug-likeness (QED) is 0.772. The van der Waals surface area contributed by atoms with Crippen LogP contribution in [0.15, 0.2) is 0 Å². The number of ether oxygens (including phenoxy) is 1. The number of carboxylic acid groups (broad SMARTS) is 1. The van der Waals surface area contributed by atoms with Crippen LogP contribution in [0.2, 0.25) is 0 Å². The van der Waals surface area contributed by atoms with Gasteiger partial charge in [-0.25, -0.2) is 4.79 Å². The Kier molecular flexibility index (Phi) is 3.24. The van der Waals surface area contributed by atoms with Crippen molar-refractivity contribution in [2.24, 2.45) is 5.92 Å². The van der Waals surface area contributed by atoms with Gasteiger partial charge in [0.25, 0.3) is 0 Å². The van der Waals surface area contributed by atoms with Crippen LogP contribution in [-0.2, 0) is 9.53 Å². The molecule has 0 saturated carbocycles.